The van der Waals surface area contributed by atoms with Crippen molar-refractivity contribution in [2.75, 3.05) is 24.7 Å². The normalized spacial score (nSPS) is 10.7. The molecule has 0 aliphatic rings. The fourth-order valence-electron chi connectivity index (χ4n) is 2.70. The molecule has 0 aliphatic heterocycles. The van der Waals surface area contributed by atoms with Crippen LogP contribution in [-0.4, -0.2) is 45.5 Å². The smallest absolute Gasteiger partial charge is 0.230 e. The van der Waals surface area contributed by atoms with Crippen LogP contribution in [0.4, 0.5) is 5.82 Å². The zero-order valence-electron chi connectivity index (χ0n) is 16.3. The Kier molecular flexibility index (Phi) is 6.65. The zero-order chi connectivity index (χ0) is 19.9. The van der Waals surface area contributed by atoms with Gasteiger partial charge in [0.25, 0.3) is 0 Å². The number of nitrogens with zero attached hydrogens (tertiary/aromatic N) is 5. The number of pyridine rings is 1. The molecule has 1 aromatic carbocycles. The van der Waals surface area contributed by atoms with Crippen molar-refractivity contribution in [1.29, 1.82) is 0 Å². The lowest BCUT2D eigenvalue weighted by molar-refractivity contribution is -0.118. The van der Waals surface area contributed by atoms with E-state index >= 15 is 0 Å². The molecule has 3 rings (SSSR count). The molecule has 0 aliphatic carbocycles. The van der Waals surface area contributed by atoms with E-state index in [1.54, 1.807) is 12.5 Å². The Balaban J connectivity index is 1.56. The van der Waals surface area contributed by atoms with E-state index in [2.05, 4.69) is 33.5 Å². The summed E-state index contributed by atoms with van der Waals surface area (Å²) in [6, 6.07) is 12.0. The maximum absolute atomic E-state index is 12.2. The van der Waals surface area contributed by atoms with E-state index in [0.29, 0.717) is 11.7 Å². The van der Waals surface area contributed by atoms with E-state index in [4.69, 9.17) is 0 Å². The summed E-state index contributed by atoms with van der Waals surface area (Å²) in [5.74, 6) is 1.10. The molecule has 0 unspecified atom stereocenters. The molecule has 28 heavy (non-hydrogen) atoms. The largest absolute Gasteiger partial charge is 0.363 e. The van der Waals surface area contributed by atoms with Crippen molar-refractivity contribution in [1.82, 2.24) is 25.1 Å². The van der Waals surface area contributed by atoms with Gasteiger partial charge in [0.2, 0.25) is 5.91 Å². The third kappa shape index (κ3) is 4.89. The second kappa shape index (κ2) is 9.36. The topological polar surface area (TPSA) is 75.9 Å². The van der Waals surface area contributed by atoms with Crippen LogP contribution in [0.2, 0.25) is 0 Å². The highest BCUT2D eigenvalue weighted by Gasteiger charge is 2.12. The molecule has 0 radical (unpaired) electrons. The van der Waals surface area contributed by atoms with Gasteiger partial charge in [-0.3, -0.25) is 9.36 Å². The second-order valence-electron chi connectivity index (χ2n) is 6.45. The molecule has 0 saturated heterocycles. The van der Waals surface area contributed by atoms with Gasteiger partial charge in [-0.2, -0.15) is 0 Å². The first-order valence-electron chi connectivity index (χ1n) is 9.08. The average molecular weight is 397 g/mol. The summed E-state index contributed by atoms with van der Waals surface area (Å²) in [5, 5.41) is 11.8. The minimum Gasteiger partial charge on any atom is -0.363 e. The van der Waals surface area contributed by atoms with Gasteiger partial charge in [0.05, 0.1) is 11.4 Å². The predicted molar refractivity (Wildman–Crippen MR) is 112 cm³/mol. The number of carbonyl (C=O) groups is 1. The molecular weight excluding hydrogens is 372 g/mol. The number of anilines is 1. The van der Waals surface area contributed by atoms with Crippen molar-refractivity contribution < 1.29 is 4.79 Å². The van der Waals surface area contributed by atoms with Crippen molar-refractivity contribution >= 4 is 23.5 Å². The number of carbonyl (C=O) groups excluding carboxylic acids is 1. The molecule has 0 spiro atoms. The third-order valence-electron chi connectivity index (χ3n) is 4.24. The molecule has 0 saturated carbocycles. The van der Waals surface area contributed by atoms with E-state index in [1.165, 1.54) is 17.3 Å². The summed E-state index contributed by atoms with van der Waals surface area (Å²) >= 11 is 1.37. The first-order chi connectivity index (χ1) is 13.6. The number of hydrogen-bond acceptors (Lipinski definition) is 6. The Bertz CT molecular complexity index is 922. The number of hydrogen-bond donors (Lipinski definition) is 1. The maximum Gasteiger partial charge on any atom is 0.230 e. The summed E-state index contributed by atoms with van der Waals surface area (Å²) < 4.78 is 1.93. The van der Waals surface area contributed by atoms with Crippen LogP contribution >= 0.6 is 11.8 Å². The molecule has 7 nitrogen and oxygen atoms in total. The van der Waals surface area contributed by atoms with Crippen LogP contribution in [0.3, 0.4) is 0 Å². The van der Waals surface area contributed by atoms with Crippen LogP contribution in [0.25, 0.3) is 5.69 Å². The quantitative estimate of drug-likeness (QED) is 0.590. The molecule has 0 fully saturated rings. The number of thioether (sulfide) groups is 1. The molecule has 8 heteroatoms. The summed E-state index contributed by atoms with van der Waals surface area (Å²) in [5.41, 5.74) is 3.22. The van der Waals surface area contributed by atoms with Crippen LogP contribution in [0.5, 0.6) is 0 Å². The van der Waals surface area contributed by atoms with Gasteiger partial charge >= 0.3 is 0 Å². The second-order valence-corrected chi connectivity index (χ2v) is 7.39. The summed E-state index contributed by atoms with van der Waals surface area (Å²) in [7, 11) is 3.89. The van der Waals surface area contributed by atoms with Crippen LogP contribution in [0.15, 0.2) is 54.1 Å². The minimum absolute atomic E-state index is 0.0555. The van der Waals surface area contributed by atoms with Crippen molar-refractivity contribution in [2.45, 2.75) is 25.0 Å². The van der Waals surface area contributed by atoms with E-state index in [-0.39, 0.29) is 11.7 Å². The lowest BCUT2D eigenvalue weighted by Gasteiger charge is -2.12. The van der Waals surface area contributed by atoms with E-state index in [1.807, 2.05) is 53.9 Å². The molecule has 1 amide bonds. The van der Waals surface area contributed by atoms with E-state index in [9.17, 15) is 4.79 Å². The minimum atomic E-state index is -0.0555. The number of para-hydroxylation sites is 1. The zero-order valence-corrected chi connectivity index (χ0v) is 17.1. The van der Waals surface area contributed by atoms with Crippen LogP contribution in [-0.2, 0) is 17.8 Å². The Morgan fingerprint density at radius 2 is 2.04 bits per heavy atom. The van der Waals surface area contributed by atoms with Crippen LogP contribution in [0, 0.1) is 0 Å². The van der Waals surface area contributed by atoms with Gasteiger partial charge in [0.1, 0.15) is 12.1 Å². The molecule has 1 N–H and O–H groups in total. The van der Waals surface area contributed by atoms with Gasteiger partial charge < -0.3 is 10.2 Å². The fourth-order valence-corrected chi connectivity index (χ4v) is 3.45. The van der Waals surface area contributed by atoms with Crippen LogP contribution in [0.1, 0.15) is 18.1 Å². The predicted octanol–water partition coefficient (Wildman–Crippen LogP) is 2.70. The SMILES string of the molecule is CCc1ccccc1-n1cnnc1SCC(=O)NCc1ccc(N(C)C)nc1. The maximum atomic E-state index is 12.2. The van der Waals surface area contributed by atoms with Gasteiger partial charge in [0.15, 0.2) is 5.16 Å². The lowest BCUT2D eigenvalue weighted by atomic mass is 10.1. The highest BCUT2D eigenvalue weighted by Crippen LogP contribution is 2.22. The molecule has 3 aromatic rings. The molecule has 2 heterocycles. The highest BCUT2D eigenvalue weighted by molar-refractivity contribution is 7.99. The number of amides is 1. The van der Waals surface area contributed by atoms with Gasteiger partial charge in [-0.15, -0.1) is 10.2 Å². The van der Waals surface area contributed by atoms with Crippen LogP contribution < -0.4 is 10.2 Å². The molecule has 0 bridgehead atoms. The van der Waals surface area contributed by atoms with Gasteiger partial charge in [-0.05, 0) is 29.7 Å². The van der Waals surface area contributed by atoms with Crippen molar-refractivity contribution in [3.8, 4) is 5.69 Å². The fraction of sp³-hybridized carbons (Fsp3) is 0.300. The van der Waals surface area contributed by atoms with Crippen molar-refractivity contribution in [3.05, 3.63) is 60.0 Å². The number of nitrogens with one attached hydrogen (secondary N) is 1. The van der Waals surface area contributed by atoms with Gasteiger partial charge in [-0.1, -0.05) is 43.0 Å². The monoisotopic (exact) mass is 396 g/mol. The number of benzene rings is 1. The standard InChI is InChI=1S/C20H24N6OS/c1-4-16-7-5-6-8-17(16)26-14-23-24-20(26)28-13-19(27)22-12-15-9-10-18(21-11-15)25(2)3/h5-11,14H,4,12-13H2,1-3H3,(H,22,27). The van der Waals surface area contributed by atoms with Crippen molar-refractivity contribution in [2.24, 2.45) is 0 Å². The van der Waals surface area contributed by atoms with Crippen molar-refractivity contribution in [3.63, 3.8) is 0 Å². The van der Waals surface area contributed by atoms with Gasteiger partial charge in [0, 0.05) is 26.8 Å². The summed E-state index contributed by atoms with van der Waals surface area (Å²) in [6.07, 6.45) is 4.38. The first-order valence-corrected chi connectivity index (χ1v) is 10.1. The van der Waals surface area contributed by atoms with E-state index < -0.39 is 0 Å². The Morgan fingerprint density at radius 1 is 1.21 bits per heavy atom. The first kappa shape index (κ1) is 19.9. The van der Waals surface area contributed by atoms with Gasteiger partial charge in [-0.25, -0.2) is 4.98 Å². The molecule has 0 atom stereocenters. The summed E-state index contributed by atoms with van der Waals surface area (Å²) in [4.78, 5) is 18.5. The average Bonchev–Trinajstić information content (AvgIpc) is 3.19. The lowest BCUT2D eigenvalue weighted by Crippen LogP contribution is -2.25. The van der Waals surface area contributed by atoms with E-state index in [0.717, 1.165) is 23.5 Å². The highest BCUT2D eigenvalue weighted by atomic mass is 32.2. The number of aromatic nitrogens is 4. The number of rotatable bonds is 8. The molecule has 146 valence electrons. The Hall–Kier alpha value is -2.87. The third-order valence-corrected chi connectivity index (χ3v) is 5.18. The Morgan fingerprint density at radius 3 is 2.75 bits per heavy atom. The Labute approximate surface area is 169 Å². The summed E-state index contributed by atoms with van der Waals surface area (Å²) in [6.45, 7) is 2.56. The molecular formula is C20H24N6OS. The molecule has 2 aromatic heterocycles. The number of aryl methyl sites for hydroxylation is 1.